The van der Waals surface area contributed by atoms with E-state index in [-0.39, 0.29) is 11.5 Å². The van der Waals surface area contributed by atoms with Crippen LogP contribution in [-0.2, 0) is 0 Å². The minimum Gasteiger partial charge on any atom is -0.495 e. The van der Waals surface area contributed by atoms with Gasteiger partial charge in [0.2, 0.25) is 11.6 Å². The Bertz CT molecular complexity index is 1020. The molecule has 1 fully saturated rings. The first kappa shape index (κ1) is 19.4. The predicted molar refractivity (Wildman–Crippen MR) is 114 cm³/mol. The van der Waals surface area contributed by atoms with Crippen LogP contribution in [0.3, 0.4) is 0 Å². The highest BCUT2D eigenvalue weighted by Gasteiger charge is 2.30. The molecule has 2 aromatic heterocycles. The van der Waals surface area contributed by atoms with E-state index in [0.717, 1.165) is 5.82 Å². The molecule has 4 rings (SSSR count). The molecule has 10 heteroatoms. The van der Waals surface area contributed by atoms with E-state index in [1.807, 2.05) is 35.2 Å². The van der Waals surface area contributed by atoms with Gasteiger partial charge in [-0.3, -0.25) is 10.1 Å². The number of hydrogen-bond acceptors (Lipinski definition) is 9. The third-order valence-electron chi connectivity index (χ3n) is 4.90. The molecule has 0 bridgehead atoms. The van der Waals surface area contributed by atoms with Gasteiger partial charge in [-0.2, -0.15) is 0 Å². The molecule has 154 valence electrons. The van der Waals surface area contributed by atoms with Gasteiger partial charge in [0.25, 0.3) is 0 Å². The van der Waals surface area contributed by atoms with Gasteiger partial charge in [0, 0.05) is 32.4 Å². The Hall–Kier alpha value is -3.95. The van der Waals surface area contributed by atoms with E-state index >= 15 is 0 Å². The fraction of sp³-hybridized carbons (Fsp3) is 0.250. The molecule has 0 radical (unpaired) electrons. The minimum absolute atomic E-state index is 0.127. The van der Waals surface area contributed by atoms with Crippen molar-refractivity contribution in [3.63, 3.8) is 0 Å². The number of methoxy groups -OCH3 is 1. The number of benzene rings is 1. The van der Waals surface area contributed by atoms with E-state index < -0.39 is 4.92 Å². The molecule has 0 aliphatic carbocycles. The number of piperazine rings is 1. The first-order valence-electron chi connectivity index (χ1n) is 9.47. The van der Waals surface area contributed by atoms with Gasteiger partial charge in [0.15, 0.2) is 0 Å². The van der Waals surface area contributed by atoms with Gasteiger partial charge in [-0.25, -0.2) is 15.0 Å². The molecule has 3 heterocycles. The number of pyridine rings is 1. The van der Waals surface area contributed by atoms with Crippen molar-refractivity contribution in [1.82, 2.24) is 15.0 Å². The highest BCUT2D eigenvalue weighted by molar-refractivity contribution is 5.76. The van der Waals surface area contributed by atoms with Crippen molar-refractivity contribution in [2.75, 3.05) is 48.4 Å². The van der Waals surface area contributed by atoms with Crippen molar-refractivity contribution in [2.24, 2.45) is 0 Å². The van der Waals surface area contributed by atoms with Gasteiger partial charge in [0.05, 0.1) is 17.7 Å². The monoisotopic (exact) mass is 407 g/mol. The van der Waals surface area contributed by atoms with Crippen molar-refractivity contribution in [3.8, 4) is 5.75 Å². The number of para-hydroxylation sites is 2. The number of nitrogens with one attached hydrogen (secondary N) is 1. The molecule has 1 saturated heterocycles. The fourth-order valence-corrected chi connectivity index (χ4v) is 3.42. The van der Waals surface area contributed by atoms with Crippen LogP contribution in [0.25, 0.3) is 0 Å². The molecule has 3 aromatic rings. The Morgan fingerprint density at radius 2 is 1.73 bits per heavy atom. The SMILES string of the molecule is COc1ccccc1Nc1ncnc(N2CCN(c3ccccn3)CC2)c1[N+](=O)[O-]. The van der Waals surface area contributed by atoms with E-state index in [9.17, 15) is 10.1 Å². The first-order valence-corrected chi connectivity index (χ1v) is 9.47. The smallest absolute Gasteiger partial charge is 0.353 e. The second kappa shape index (κ2) is 8.60. The summed E-state index contributed by atoms with van der Waals surface area (Å²) in [6, 6.07) is 13.0. The lowest BCUT2D eigenvalue weighted by Crippen LogP contribution is -2.47. The summed E-state index contributed by atoms with van der Waals surface area (Å²) in [7, 11) is 1.54. The lowest BCUT2D eigenvalue weighted by Gasteiger charge is -2.35. The number of aromatic nitrogens is 3. The molecule has 0 unspecified atom stereocenters. The van der Waals surface area contributed by atoms with Crippen molar-refractivity contribution in [2.45, 2.75) is 0 Å². The molecule has 1 aliphatic heterocycles. The van der Waals surface area contributed by atoms with Gasteiger partial charge in [-0.05, 0) is 24.3 Å². The van der Waals surface area contributed by atoms with Gasteiger partial charge >= 0.3 is 5.69 Å². The van der Waals surface area contributed by atoms with E-state index in [1.165, 1.54) is 6.33 Å². The Kier molecular flexibility index (Phi) is 5.55. The number of ether oxygens (including phenoxy) is 1. The molecule has 0 saturated carbocycles. The molecule has 0 atom stereocenters. The van der Waals surface area contributed by atoms with Crippen molar-refractivity contribution in [1.29, 1.82) is 0 Å². The maximum absolute atomic E-state index is 11.9. The zero-order valence-corrected chi connectivity index (χ0v) is 16.4. The lowest BCUT2D eigenvalue weighted by atomic mass is 10.2. The van der Waals surface area contributed by atoms with Gasteiger partial charge in [0.1, 0.15) is 17.9 Å². The molecular weight excluding hydrogens is 386 g/mol. The van der Waals surface area contributed by atoms with Crippen molar-refractivity contribution in [3.05, 3.63) is 65.1 Å². The van der Waals surface area contributed by atoms with Crippen LogP contribution in [0.1, 0.15) is 0 Å². The van der Waals surface area contributed by atoms with E-state index in [1.54, 1.807) is 25.4 Å². The quantitative estimate of drug-likeness (QED) is 0.487. The van der Waals surface area contributed by atoms with Gasteiger partial charge in [-0.15, -0.1) is 0 Å². The zero-order valence-electron chi connectivity index (χ0n) is 16.4. The molecule has 1 N–H and O–H groups in total. The molecule has 1 aliphatic rings. The summed E-state index contributed by atoms with van der Waals surface area (Å²) in [5, 5.41) is 14.9. The number of nitrogens with zero attached hydrogens (tertiary/aromatic N) is 6. The topological polar surface area (TPSA) is 110 Å². The van der Waals surface area contributed by atoms with E-state index in [4.69, 9.17) is 4.74 Å². The maximum atomic E-state index is 11.9. The summed E-state index contributed by atoms with van der Waals surface area (Å²) in [6.07, 6.45) is 3.10. The third kappa shape index (κ3) is 3.93. The lowest BCUT2D eigenvalue weighted by molar-refractivity contribution is -0.383. The van der Waals surface area contributed by atoms with Crippen molar-refractivity contribution >= 4 is 28.8 Å². The van der Waals surface area contributed by atoms with Crippen molar-refractivity contribution < 1.29 is 9.66 Å². The molecule has 10 nitrogen and oxygen atoms in total. The highest BCUT2D eigenvalue weighted by Crippen LogP contribution is 2.36. The average molecular weight is 407 g/mol. The standard InChI is InChI=1S/C20H21N7O3/c1-30-16-7-3-2-6-15(16)24-19-18(27(28)29)20(23-14-22-19)26-12-10-25(11-13-26)17-8-4-5-9-21-17/h2-9,14H,10-13H2,1H3,(H,22,23,24). The highest BCUT2D eigenvalue weighted by atomic mass is 16.6. The average Bonchev–Trinajstić information content (AvgIpc) is 2.80. The molecule has 0 spiro atoms. The number of hydrogen-bond donors (Lipinski definition) is 1. The van der Waals surface area contributed by atoms with Gasteiger partial charge < -0.3 is 19.9 Å². The molecule has 1 aromatic carbocycles. The fourth-order valence-electron chi connectivity index (χ4n) is 3.42. The summed E-state index contributed by atoms with van der Waals surface area (Å²) >= 11 is 0. The second-order valence-corrected chi connectivity index (χ2v) is 6.64. The number of rotatable bonds is 6. The maximum Gasteiger partial charge on any atom is 0.353 e. The number of anilines is 4. The Morgan fingerprint density at radius 3 is 2.43 bits per heavy atom. The summed E-state index contributed by atoms with van der Waals surface area (Å²) in [5.41, 5.74) is 0.433. The van der Waals surface area contributed by atoms with Crippen LogP contribution in [0.5, 0.6) is 5.75 Å². The largest absolute Gasteiger partial charge is 0.495 e. The van der Waals surface area contributed by atoms with Crippen LogP contribution in [0.2, 0.25) is 0 Å². The second-order valence-electron chi connectivity index (χ2n) is 6.64. The van der Waals surface area contributed by atoms with Crippen LogP contribution in [0, 0.1) is 10.1 Å². The Morgan fingerprint density at radius 1 is 1.00 bits per heavy atom. The normalized spacial score (nSPS) is 13.8. The van der Waals surface area contributed by atoms with Crippen LogP contribution in [0.4, 0.5) is 28.8 Å². The van der Waals surface area contributed by atoms with Crippen LogP contribution in [-0.4, -0.2) is 53.2 Å². The summed E-state index contributed by atoms with van der Waals surface area (Å²) in [6.45, 7) is 2.55. The van der Waals surface area contributed by atoms with Crippen LogP contribution < -0.4 is 19.9 Å². The summed E-state index contributed by atoms with van der Waals surface area (Å²) in [4.78, 5) is 28.3. The van der Waals surface area contributed by atoms with Crippen LogP contribution in [0.15, 0.2) is 55.0 Å². The zero-order chi connectivity index (χ0) is 20.9. The summed E-state index contributed by atoms with van der Waals surface area (Å²) < 4.78 is 5.32. The summed E-state index contributed by atoms with van der Waals surface area (Å²) in [5.74, 6) is 1.89. The molecular formula is C20H21N7O3. The number of nitro groups is 1. The Labute approximate surface area is 173 Å². The molecule has 30 heavy (non-hydrogen) atoms. The first-order chi connectivity index (χ1) is 14.7. The molecule has 0 amide bonds. The predicted octanol–water partition coefficient (Wildman–Crippen LogP) is 2.86. The van der Waals surface area contributed by atoms with E-state index in [0.29, 0.717) is 43.4 Å². The minimum atomic E-state index is -0.446. The Balaban J connectivity index is 1.59. The van der Waals surface area contributed by atoms with Crippen LogP contribution >= 0.6 is 0 Å². The van der Waals surface area contributed by atoms with E-state index in [2.05, 4.69) is 25.2 Å². The third-order valence-corrected chi connectivity index (χ3v) is 4.90. The van der Waals surface area contributed by atoms with Gasteiger partial charge in [-0.1, -0.05) is 18.2 Å².